The van der Waals surface area contributed by atoms with Gasteiger partial charge in [-0.1, -0.05) is 64.5 Å². The van der Waals surface area contributed by atoms with Gasteiger partial charge >= 0.3 is 0 Å². The summed E-state index contributed by atoms with van der Waals surface area (Å²) >= 11 is 24.7. The van der Waals surface area contributed by atoms with Crippen molar-refractivity contribution >= 4 is 46.4 Å². The van der Waals surface area contributed by atoms with Crippen LogP contribution in [0.1, 0.15) is 17.2 Å². The predicted molar refractivity (Wildman–Crippen MR) is 114 cm³/mol. The zero-order valence-electron chi connectivity index (χ0n) is 15.2. The van der Waals surface area contributed by atoms with Crippen LogP contribution in [0, 0.1) is 12.3 Å². The van der Waals surface area contributed by atoms with Crippen LogP contribution in [0.5, 0.6) is 0 Å². The highest BCUT2D eigenvalue weighted by molar-refractivity contribution is 6.35. The molecule has 0 fully saturated rings. The quantitative estimate of drug-likeness (QED) is 0.337. The molecule has 0 aliphatic heterocycles. The standard InChI is InChI=1S/C21H17Cl4N2O.BrH/c1-2-7-26-8-9-27(14-26)12-21(18-6-5-17(23)11-20(18)25)28-13-15-3-4-16(22)10-19(15)24;/h1,3-6,8-11,14,21H,7,12-13H2;1H/q+1;/p-1. The fourth-order valence-electron chi connectivity index (χ4n) is 2.77. The molecule has 1 aromatic heterocycles. The second-order valence-electron chi connectivity index (χ2n) is 6.19. The summed E-state index contributed by atoms with van der Waals surface area (Å²) in [6.45, 7) is 1.36. The molecule has 29 heavy (non-hydrogen) atoms. The van der Waals surface area contributed by atoms with Gasteiger partial charge in [-0.15, -0.1) is 6.42 Å². The van der Waals surface area contributed by atoms with Gasteiger partial charge in [0.1, 0.15) is 25.0 Å². The van der Waals surface area contributed by atoms with Crippen LogP contribution in [-0.2, 0) is 24.4 Å². The first kappa shape index (κ1) is 24.1. The number of hydrogen-bond acceptors (Lipinski definition) is 1. The van der Waals surface area contributed by atoms with Gasteiger partial charge in [0.15, 0.2) is 6.54 Å². The summed E-state index contributed by atoms with van der Waals surface area (Å²) in [5, 5.41) is 2.25. The van der Waals surface area contributed by atoms with Gasteiger partial charge in [-0.25, -0.2) is 9.13 Å². The monoisotopic (exact) mass is 532 g/mol. The van der Waals surface area contributed by atoms with E-state index in [0.29, 0.717) is 39.8 Å². The predicted octanol–water partition coefficient (Wildman–Crippen LogP) is 2.98. The van der Waals surface area contributed by atoms with Crippen LogP contribution in [0.4, 0.5) is 0 Å². The number of rotatable bonds is 7. The van der Waals surface area contributed by atoms with E-state index >= 15 is 0 Å². The third-order valence-corrected chi connectivity index (χ3v) is 5.31. The Hall–Kier alpha value is -1.19. The number of benzene rings is 2. The number of ether oxygens (including phenoxy) is 1. The van der Waals surface area contributed by atoms with E-state index in [1.54, 1.807) is 24.3 Å². The van der Waals surface area contributed by atoms with Crippen LogP contribution in [-0.4, -0.2) is 4.57 Å². The van der Waals surface area contributed by atoms with Crippen molar-refractivity contribution in [3.8, 4) is 12.3 Å². The molecule has 0 saturated carbocycles. The molecule has 8 heteroatoms. The fraction of sp³-hybridized carbons (Fsp3) is 0.190. The van der Waals surface area contributed by atoms with E-state index in [9.17, 15) is 0 Å². The molecule has 152 valence electrons. The number of aromatic nitrogens is 2. The van der Waals surface area contributed by atoms with Gasteiger partial charge < -0.3 is 21.7 Å². The zero-order valence-corrected chi connectivity index (χ0v) is 19.8. The van der Waals surface area contributed by atoms with Crippen molar-refractivity contribution in [2.75, 3.05) is 0 Å². The SMILES string of the molecule is C#CCn1cc[n+](CC(OCc2ccc(Cl)cc2Cl)c2ccc(Cl)cc2Cl)c1.[Br-]. The largest absolute Gasteiger partial charge is 1.00 e. The van der Waals surface area contributed by atoms with Gasteiger partial charge in [0.05, 0.1) is 6.61 Å². The Morgan fingerprint density at radius 2 is 1.72 bits per heavy atom. The van der Waals surface area contributed by atoms with Crippen molar-refractivity contribution in [1.82, 2.24) is 4.57 Å². The Bertz CT molecular complexity index is 1020. The average Bonchev–Trinajstić information content (AvgIpc) is 3.07. The van der Waals surface area contributed by atoms with Crippen molar-refractivity contribution in [1.29, 1.82) is 0 Å². The highest BCUT2D eigenvalue weighted by Gasteiger charge is 2.20. The normalized spacial score (nSPS) is 11.6. The third kappa shape index (κ3) is 6.65. The van der Waals surface area contributed by atoms with Crippen LogP contribution in [0.3, 0.4) is 0 Å². The maximum Gasteiger partial charge on any atom is 0.244 e. The van der Waals surface area contributed by atoms with Crippen molar-refractivity contribution in [2.45, 2.75) is 25.8 Å². The van der Waals surface area contributed by atoms with Gasteiger partial charge in [-0.2, -0.15) is 0 Å². The molecule has 0 N–H and O–H groups in total. The van der Waals surface area contributed by atoms with Crippen molar-refractivity contribution in [3.63, 3.8) is 0 Å². The van der Waals surface area contributed by atoms with E-state index < -0.39 is 0 Å². The Labute approximate surface area is 200 Å². The molecule has 0 amide bonds. The summed E-state index contributed by atoms with van der Waals surface area (Å²) in [6, 6.07) is 10.7. The molecule has 0 bridgehead atoms. The molecular formula is C21H17BrCl4N2O. The summed E-state index contributed by atoms with van der Waals surface area (Å²) in [7, 11) is 0. The number of nitrogens with zero attached hydrogens (tertiary/aromatic N) is 2. The first-order valence-electron chi connectivity index (χ1n) is 8.45. The molecule has 0 radical (unpaired) electrons. The van der Waals surface area contributed by atoms with Crippen LogP contribution in [0.15, 0.2) is 55.1 Å². The molecule has 0 aliphatic rings. The second-order valence-corrected chi connectivity index (χ2v) is 7.88. The summed E-state index contributed by atoms with van der Waals surface area (Å²) < 4.78 is 10.1. The molecule has 0 spiro atoms. The molecule has 3 nitrogen and oxygen atoms in total. The third-order valence-electron chi connectivity index (χ3n) is 4.16. The van der Waals surface area contributed by atoms with E-state index in [2.05, 4.69) is 5.92 Å². The molecular weight excluding hydrogens is 518 g/mol. The van der Waals surface area contributed by atoms with Crippen molar-refractivity contribution < 1.29 is 26.3 Å². The van der Waals surface area contributed by atoms with E-state index in [1.165, 1.54) is 0 Å². The maximum atomic E-state index is 6.43. The number of terminal acetylenes is 1. The molecule has 1 unspecified atom stereocenters. The number of halogens is 5. The Morgan fingerprint density at radius 1 is 1.03 bits per heavy atom. The minimum Gasteiger partial charge on any atom is -1.00 e. The Balaban J connectivity index is 0.00000300. The van der Waals surface area contributed by atoms with Crippen molar-refractivity contribution in [2.24, 2.45) is 0 Å². The van der Waals surface area contributed by atoms with Gasteiger partial charge in [0, 0.05) is 25.7 Å². The van der Waals surface area contributed by atoms with E-state index in [-0.39, 0.29) is 23.1 Å². The van der Waals surface area contributed by atoms with E-state index in [1.807, 2.05) is 40.0 Å². The topological polar surface area (TPSA) is 18.0 Å². The smallest absolute Gasteiger partial charge is 0.244 e. The van der Waals surface area contributed by atoms with Gasteiger partial charge in [-0.3, -0.25) is 0 Å². The highest BCUT2D eigenvalue weighted by Crippen LogP contribution is 2.30. The molecule has 3 aromatic rings. The van der Waals surface area contributed by atoms with Gasteiger partial charge in [-0.05, 0) is 29.8 Å². The van der Waals surface area contributed by atoms with Crippen LogP contribution in [0.2, 0.25) is 20.1 Å². The van der Waals surface area contributed by atoms with Crippen LogP contribution in [0.25, 0.3) is 0 Å². The minimum absolute atomic E-state index is 0. The number of hydrogen-bond donors (Lipinski definition) is 0. The molecule has 0 saturated heterocycles. The summed E-state index contributed by atoms with van der Waals surface area (Å²) in [5.41, 5.74) is 1.68. The lowest BCUT2D eigenvalue weighted by atomic mass is 10.1. The van der Waals surface area contributed by atoms with Gasteiger partial charge in [0.25, 0.3) is 0 Å². The lowest BCUT2D eigenvalue weighted by molar-refractivity contribution is -0.704. The summed E-state index contributed by atoms with van der Waals surface area (Å²) in [6.07, 6.45) is 10.8. The fourth-order valence-corrected chi connectivity index (χ4v) is 3.76. The second kappa shape index (κ2) is 11.3. The first-order chi connectivity index (χ1) is 13.5. The van der Waals surface area contributed by atoms with Gasteiger partial charge in [0.2, 0.25) is 6.33 Å². The van der Waals surface area contributed by atoms with Crippen LogP contribution < -0.4 is 21.5 Å². The van der Waals surface area contributed by atoms with E-state index in [4.69, 9.17) is 57.6 Å². The lowest BCUT2D eigenvalue weighted by Gasteiger charge is -2.19. The molecule has 1 heterocycles. The average molecular weight is 535 g/mol. The first-order valence-corrected chi connectivity index (χ1v) is 9.96. The maximum absolute atomic E-state index is 6.43. The lowest BCUT2D eigenvalue weighted by Crippen LogP contribution is -3.00. The summed E-state index contributed by atoms with van der Waals surface area (Å²) in [5.74, 6) is 2.61. The Morgan fingerprint density at radius 3 is 2.38 bits per heavy atom. The number of imidazole rings is 1. The summed E-state index contributed by atoms with van der Waals surface area (Å²) in [4.78, 5) is 0. The highest BCUT2D eigenvalue weighted by atomic mass is 79.9. The van der Waals surface area contributed by atoms with Crippen LogP contribution >= 0.6 is 46.4 Å². The van der Waals surface area contributed by atoms with Crippen molar-refractivity contribution in [3.05, 3.63) is 86.3 Å². The molecule has 3 rings (SSSR count). The zero-order chi connectivity index (χ0) is 20.1. The minimum atomic E-state index is -0.316. The van der Waals surface area contributed by atoms with E-state index in [0.717, 1.165) is 11.1 Å². The Kier molecular flexibility index (Phi) is 9.36. The molecule has 2 aromatic carbocycles. The molecule has 1 atom stereocenters. The molecule has 0 aliphatic carbocycles.